The fourth-order valence-corrected chi connectivity index (χ4v) is 3.42. The van der Waals surface area contributed by atoms with Crippen molar-refractivity contribution >= 4 is 22.4 Å². The van der Waals surface area contributed by atoms with Gasteiger partial charge in [-0.25, -0.2) is 0 Å². The highest BCUT2D eigenvalue weighted by Crippen LogP contribution is 2.41. The van der Waals surface area contributed by atoms with Crippen molar-refractivity contribution in [2.45, 2.75) is 12.4 Å². The number of alkyl halides is 6. The van der Waals surface area contributed by atoms with Gasteiger partial charge in [0.1, 0.15) is 22.6 Å². The third-order valence-corrected chi connectivity index (χ3v) is 4.79. The van der Waals surface area contributed by atoms with Crippen molar-refractivity contribution in [2.75, 3.05) is 5.32 Å². The molecule has 12 heteroatoms. The molecule has 4 aromatic rings. The first-order chi connectivity index (χ1) is 15.5. The minimum Gasteiger partial charge on any atom is -0.321 e. The molecule has 33 heavy (non-hydrogen) atoms. The number of carbonyl (C=O) groups is 1. The highest BCUT2D eigenvalue weighted by molar-refractivity contribution is 6.06. The molecule has 4 rings (SSSR count). The van der Waals surface area contributed by atoms with Crippen LogP contribution in [-0.2, 0) is 19.4 Å². The zero-order chi connectivity index (χ0) is 24.0. The van der Waals surface area contributed by atoms with Gasteiger partial charge in [-0.05, 0) is 23.6 Å². The molecule has 0 spiro atoms. The van der Waals surface area contributed by atoms with E-state index in [1.54, 1.807) is 6.07 Å². The molecule has 0 radical (unpaired) electrons. The Morgan fingerprint density at radius 1 is 1.00 bits per heavy atom. The van der Waals surface area contributed by atoms with Crippen LogP contribution in [-0.4, -0.2) is 25.7 Å². The Kier molecular flexibility index (Phi) is 5.30. The van der Waals surface area contributed by atoms with Gasteiger partial charge >= 0.3 is 12.4 Å². The standard InChI is InChI=1S/C21H13F6N5O/c1-32-18(19(33)30-12-5-8-29-15(9-12)20(22,23)24)16(21(25,26)27)17(31-32)14-4-2-3-11-10-28-7-6-13(11)14/h2-10H,1H3,(H,29,30,33). The SMILES string of the molecule is Cn1nc(-c2cccc3cnccc23)c(C(F)(F)F)c1C(=O)Nc1ccnc(C(F)(F)F)c1. The van der Waals surface area contributed by atoms with Gasteiger partial charge < -0.3 is 5.32 Å². The van der Waals surface area contributed by atoms with Gasteiger partial charge in [0, 0.05) is 42.3 Å². The smallest absolute Gasteiger partial charge is 0.321 e. The van der Waals surface area contributed by atoms with E-state index in [0.29, 0.717) is 16.8 Å². The summed E-state index contributed by atoms with van der Waals surface area (Å²) in [6, 6.07) is 7.71. The molecule has 0 aliphatic heterocycles. The highest BCUT2D eigenvalue weighted by atomic mass is 19.4. The summed E-state index contributed by atoms with van der Waals surface area (Å²) in [6.45, 7) is 0. The quantitative estimate of drug-likeness (QED) is 0.416. The minimum atomic E-state index is -4.99. The van der Waals surface area contributed by atoms with Crippen LogP contribution in [0.3, 0.4) is 0 Å². The van der Waals surface area contributed by atoms with Crippen LogP contribution >= 0.6 is 0 Å². The molecule has 3 aromatic heterocycles. The number of halogens is 6. The summed E-state index contributed by atoms with van der Waals surface area (Å²) in [4.78, 5) is 19.9. The summed E-state index contributed by atoms with van der Waals surface area (Å²) >= 11 is 0. The molecular formula is C21H13F6N5O. The fraction of sp³-hybridized carbons (Fsp3) is 0.143. The Morgan fingerprint density at radius 2 is 1.76 bits per heavy atom. The molecule has 6 nitrogen and oxygen atoms in total. The molecule has 3 heterocycles. The maximum Gasteiger partial charge on any atom is 0.433 e. The summed E-state index contributed by atoms with van der Waals surface area (Å²) in [5.74, 6) is -1.27. The van der Waals surface area contributed by atoms with Gasteiger partial charge in [0.25, 0.3) is 5.91 Å². The number of hydrogen-bond acceptors (Lipinski definition) is 4. The van der Waals surface area contributed by atoms with Crippen molar-refractivity contribution in [3.63, 3.8) is 0 Å². The molecule has 0 bridgehead atoms. The van der Waals surface area contributed by atoms with Crippen LogP contribution in [0, 0.1) is 0 Å². The van der Waals surface area contributed by atoms with Crippen LogP contribution in [0.1, 0.15) is 21.7 Å². The topological polar surface area (TPSA) is 72.7 Å². The second-order valence-electron chi connectivity index (χ2n) is 6.98. The summed E-state index contributed by atoms with van der Waals surface area (Å²) in [5.41, 5.74) is -4.19. The van der Waals surface area contributed by atoms with Crippen molar-refractivity contribution in [3.8, 4) is 11.3 Å². The van der Waals surface area contributed by atoms with Crippen LogP contribution in [0.25, 0.3) is 22.0 Å². The molecule has 0 fully saturated rings. The van der Waals surface area contributed by atoms with Crippen molar-refractivity contribution in [1.82, 2.24) is 19.7 Å². The van der Waals surface area contributed by atoms with Crippen LogP contribution in [0.2, 0.25) is 0 Å². The number of rotatable bonds is 3. The number of aromatic nitrogens is 4. The molecule has 0 atom stereocenters. The third kappa shape index (κ3) is 4.23. The summed E-state index contributed by atoms with van der Waals surface area (Å²) in [5, 5.41) is 7.02. The Balaban J connectivity index is 1.84. The number of hydrogen-bond donors (Lipinski definition) is 1. The van der Waals surface area contributed by atoms with Gasteiger partial charge in [-0.3, -0.25) is 19.4 Å². The van der Waals surface area contributed by atoms with Crippen LogP contribution in [0.15, 0.2) is 55.0 Å². The predicted molar refractivity (Wildman–Crippen MR) is 106 cm³/mol. The first-order valence-corrected chi connectivity index (χ1v) is 9.28. The lowest BCUT2D eigenvalue weighted by Crippen LogP contribution is -2.21. The first kappa shape index (κ1) is 22.2. The number of nitrogens with one attached hydrogen (secondary N) is 1. The zero-order valence-electron chi connectivity index (χ0n) is 16.7. The van der Waals surface area contributed by atoms with Gasteiger partial charge in [0.15, 0.2) is 0 Å². The maximum absolute atomic E-state index is 14.1. The van der Waals surface area contributed by atoms with E-state index >= 15 is 0 Å². The average molecular weight is 465 g/mol. The van der Waals surface area contributed by atoms with E-state index in [1.165, 1.54) is 30.6 Å². The highest BCUT2D eigenvalue weighted by Gasteiger charge is 2.42. The van der Waals surface area contributed by atoms with E-state index in [4.69, 9.17) is 0 Å². The van der Waals surface area contributed by atoms with E-state index in [0.717, 1.165) is 24.0 Å². The van der Waals surface area contributed by atoms with Crippen LogP contribution in [0.5, 0.6) is 0 Å². The molecule has 0 saturated heterocycles. The zero-order valence-corrected chi connectivity index (χ0v) is 16.7. The molecule has 1 amide bonds. The normalized spacial score (nSPS) is 12.2. The number of carbonyl (C=O) groups excluding carboxylic acids is 1. The number of anilines is 1. The first-order valence-electron chi connectivity index (χ1n) is 9.28. The number of nitrogens with zero attached hydrogens (tertiary/aromatic N) is 4. The molecule has 1 aromatic carbocycles. The Bertz CT molecular complexity index is 1350. The number of fused-ring (bicyclic) bond motifs is 1. The lowest BCUT2D eigenvalue weighted by Gasteiger charge is -2.13. The molecule has 0 aliphatic rings. The molecular weight excluding hydrogens is 452 g/mol. The second-order valence-corrected chi connectivity index (χ2v) is 6.98. The molecule has 170 valence electrons. The molecule has 1 N–H and O–H groups in total. The van der Waals surface area contributed by atoms with Crippen LogP contribution < -0.4 is 5.32 Å². The van der Waals surface area contributed by atoms with Crippen molar-refractivity contribution in [1.29, 1.82) is 0 Å². The number of pyridine rings is 2. The van der Waals surface area contributed by atoms with E-state index < -0.39 is 40.9 Å². The largest absolute Gasteiger partial charge is 0.433 e. The van der Waals surface area contributed by atoms with Gasteiger partial charge in [0.05, 0.1) is 0 Å². The monoisotopic (exact) mass is 465 g/mol. The van der Waals surface area contributed by atoms with Crippen molar-refractivity contribution in [3.05, 3.63) is 71.9 Å². The molecule has 0 unspecified atom stereocenters. The van der Waals surface area contributed by atoms with Gasteiger partial charge in [-0.1, -0.05) is 18.2 Å². The van der Waals surface area contributed by atoms with E-state index in [1.807, 2.05) is 0 Å². The lowest BCUT2D eigenvalue weighted by atomic mass is 9.99. The molecule has 0 saturated carbocycles. The average Bonchev–Trinajstić information content (AvgIpc) is 3.10. The lowest BCUT2D eigenvalue weighted by molar-refractivity contribution is -0.141. The van der Waals surface area contributed by atoms with Crippen LogP contribution in [0.4, 0.5) is 32.0 Å². The Labute approximate surface area is 181 Å². The van der Waals surface area contributed by atoms with E-state index in [2.05, 4.69) is 20.4 Å². The van der Waals surface area contributed by atoms with Crippen molar-refractivity contribution in [2.24, 2.45) is 7.05 Å². The number of amides is 1. The van der Waals surface area contributed by atoms with E-state index in [-0.39, 0.29) is 11.3 Å². The second kappa shape index (κ2) is 7.87. The van der Waals surface area contributed by atoms with E-state index in [9.17, 15) is 31.1 Å². The fourth-order valence-electron chi connectivity index (χ4n) is 3.42. The number of benzene rings is 1. The third-order valence-electron chi connectivity index (χ3n) is 4.79. The Hall–Kier alpha value is -3.96. The predicted octanol–water partition coefficient (Wildman–Crippen LogP) is 5.32. The summed E-state index contributed by atoms with van der Waals surface area (Å²) in [7, 11) is 1.15. The minimum absolute atomic E-state index is 0.125. The summed E-state index contributed by atoms with van der Waals surface area (Å²) in [6.07, 6.45) is -6.09. The van der Waals surface area contributed by atoms with Gasteiger partial charge in [-0.2, -0.15) is 31.4 Å². The van der Waals surface area contributed by atoms with Crippen molar-refractivity contribution < 1.29 is 31.1 Å². The Morgan fingerprint density at radius 3 is 2.45 bits per heavy atom. The maximum atomic E-state index is 14.1. The summed E-state index contributed by atoms with van der Waals surface area (Å²) < 4.78 is 81.8. The van der Waals surface area contributed by atoms with Gasteiger partial charge in [-0.15, -0.1) is 0 Å². The number of aryl methyl sites for hydroxylation is 1. The molecule has 0 aliphatic carbocycles. The van der Waals surface area contributed by atoms with Gasteiger partial charge in [0.2, 0.25) is 0 Å².